The topological polar surface area (TPSA) is 102 Å². The predicted molar refractivity (Wildman–Crippen MR) is 162 cm³/mol. The zero-order valence-corrected chi connectivity index (χ0v) is 24.1. The van der Waals surface area contributed by atoms with Crippen LogP contribution >= 0.6 is 0 Å². The molecule has 2 atom stereocenters. The van der Waals surface area contributed by atoms with Gasteiger partial charge in [0, 0.05) is 31.0 Å². The SMILES string of the molecule is CCCCc1nc2ccc([C@@]3(C)C[C@H]4CCCN4O3)cc2c(=O)n1Cc1ccc(-c2ccccc2-c2nn[nH]n2)cc1. The van der Waals surface area contributed by atoms with Gasteiger partial charge in [-0.3, -0.25) is 14.2 Å². The Labute approximate surface area is 244 Å². The molecule has 5 aromatic rings. The lowest BCUT2D eigenvalue weighted by molar-refractivity contribution is -0.192. The van der Waals surface area contributed by atoms with Crippen LogP contribution in [0.25, 0.3) is 33.4 Å². The van der Waals surface area contributed by atoms with Crippen LogP contribution in [0.5, 0.6) is 0 Å². The van der Waals surface area contributed by atoms with E-state index in [-0.39, 0.29) is 5.56 Å². The van der Waals surface area contributed by atoms with E-state index in [1.165, 1.54) is 12.8 Å². The molecule has 0 saturated carbocycles. The van der Waals surface area contributed by atoms with Crippen molar-refractivity contribution < 1.29 is 4.84 Å². The van der Waals surface area contributed by atoms with E-state index in [0.717, 1.165) is 71.4 Å². The highest BCUT2D eigenvalue weighted by atomic mass is 16.7. The van der Waals surface area contributed by atoms with E-state index in [2.05, 4.69) is 75.9 Å². The van der Waals surface area contributed by atoms with Crippen LogP contribution in [-0.2, 0) is 23.4 Å². The lowest BCUT2D eigenvalue weighted by Crippen LogP contribution is -2.28. The first-order valence-corrected chi connectivity index (χ1v) is 14.9. The van der Waals surface area contributed by atoms with Gasteiger partial charge in [0.15, 0.2) is 0 Å². The fourth-order valence-corrected chi connectivity index (χ4v) is 6.51. The predicted octanol–water partition coefficient (Wildman–Crippen LogP) is 5.65. The summed E-state index contributed by atoms with van der Waals surface area (Å²) in [5, 5.41) is 17.4. The first-order chi connectivity index (χ1) is 20.5. The molecule has 7 rings (SSSR count). The van der Waals surface area contributed by atoms with E-state index >= 15 is 0 Å². The number of aromatic nitrogens is 6. The molecule has 2 aliphatic rings. The van der Waals surface area contributed by atoms with Crippen molar-refractivity contribution in [2.24, 2.45) is 0 Å². The second-order valence-corrected chi connectivity index (χ2v) is 11.7. The Hall–Kier alpha value is -4.21. The van der Waals surface area contributed by atoms with Crippen molar-refractivity contribution in [1.82, 2.24) is 35.2 Å². The molecule has 9 nitrogen and oxygen atoms in total. The highest BCUT2D eigenvalue weighted by Crippen LogP contribution is 2.43. The van der Waals surface area contributed by atoms with Crippen LogP contribution in [0.4, 0.5) is 0 Å². The minimum absolute atomic E-state index is 0.00146. The molecule has 9 heteroatoms. The van der Waals surface area contributed by atoms with Crippen LogP contribution in [0.1, 0.15) is 62.9 Å². The molecule has 1 N–H and O–H groups in total. The molecule has 3 aromatic carbocycles. The number of aryl methyl sites for hydroxylation is 1. The van der Waals surface area contributed by atoms with E-state index in [4.69, 9.17) is 9.82 Å². The molecule has 2 aliphatic heterocycles. The third-order valence-electron chi connectivity index (χ3n) is 8.78. The summed E-state index contributed by atoms with van der Waals surface area (Å²) in [5.41, 5.74) is 5.39. The van der Waals surface area contributed by atoms with Crippen molar-refractivity contribution in [1.29, 1.82) is 0 Å². The van der Waals surface area contributed by atoms with Gasteiger partial charge in [0.1, 0.15) is 11.4 Å². The summed E-state index contributed by atoms with van der Waals surface area (Å²) < 4.78 is 1.86. The highest BCUT2D eigenvalue weighted by Gasteiger charge is 2.45. The van der Waals surface area contributed by atoms with Crippen LogP contribution in [0, 0.1) is 0 Å². The molecule has 0 spiro atoms. The van der Waals surface area contributed by atoms with Gasteiger partial charge < -0.3 is 0 Å². The Bertz CT molecular complexity index is 1770. The quantitative estimate of drug-likeness (QED) is 0.261. The molecule has 2 aromatic heterocycles. The van der Waals surface area contributed by atoms with Gasteiger partial charge in [-0.05, 0) is 65.8 Å². The van der Waals surface area contributed by atoms with Crippen molar-refractivity contribution in [2.75, 3.05) is 6.54 Å². The fourth-order valence-electron chi connectivity index (χ4n) is 6.51. The van der Waals surface area contributed by atoms with Gasteiger partial charge >= 0.3 is 0 Å². The zero-order chi connectivity index (χ0) is 28.7. The third-order valence-corrected chi connectivity index (χ3v) is 8.78. The average molecular weight is 562 g/mol. The first kappa shape index (κ1) is 26.7. The molecule has 214 valence electrons. The monoisotopic (exact) mass is 561 g/mol. The Morgan fingerprint density at radius 1 is 1.07 bits per heavy atom. The summed E-state index contributed by atoms with van der Waals surface area (Å²) >= 11 is 0. The number of unbranched alkanes of at least 4 members (excludes halogenated alkanes) is 1. The Balaban J connectivity index is 1.23. The number of benzene rings is 3. The van der Waals surface area contributed by atoms with Crippen molar-refractivity contribution in [3.63, 3.8) is 0 Å². The van der Waals surface area contributed by atoms with E-state index in [0.29, 0.717) is 23.8 Å². The van der Waals surface area contributed by atoms with Gasteiger partial charge in [-0.25, -0.2) is 4.98 Å². The van der Waals surface area contributed by atoms with Gasteiger partial charge in [0.05, 0.1) is 17.4 Å². The second kappa shape index (κ2) is 10.9. The molecule has 0 amide bonds. The summed E-state index contributed by atoms with van der Waals surface area (Å²) in [6.45, 7) is 5.74. The number of hydrogen-bond acceptors (Lipinski definition) is 7. The number of nitrogens with one attached hydrogen (secondary N) is 1. The van der Waals surface area contributed by atoms with E-state index < -0.39 is 5.60 Å². The maximum Gasteiger partial charge on any atom is 0.261 e. The number of hydrogen-bond donors (Lipinski definition) is 1. The van der Waals surface area contributed by atoms with Crippen molar-refractivity contribution in [3.05, 3.63) is 94.0 Å². The smallest absolute Gasteiger partial charge is 0.261 e. The number of nitrogens with zero attached hydrogens (tertiary/aromatic N) is 6. The highest BCUT2D eigenvalue weighted by molar-refractivity contribution is 5.80. The zero-order valence-electron chi connectivity index (χ0n) is 24.1. The molecule has 0 unspecified atom stereocenters. The van der Waals surface area contributed by atoms with Crippen LogP contribution in [0.2, 0.25) is 0 Å². The molecule has 0 bridgehead atoms. The van der Waals surface area contributed by atoms with Crippen LogP contribution in [0.3, 0.4) is 0 Å². The van der Waals surface area contributed by atoms with Crippen molar-refractivity contribution >= 4 is 10.9 Å². The summed E-state index contributed by atoms with van der Waals surface area (Å²) in [4.78, 5) is 25.5. The normalized spacial score (nSPS) is 20.4. The minimum atomic E-state index is -0.426. The average Bonchev–Trinajstić information content (AvgIpc) is 3.76. The number of tetrazole rings is 1. The third kappa shape index (κ3) is 4.82. The van der Waals surface area contributed by atoms with Gasteiger partial charge in [-0.1, -0.05) is 67.9 Å². The number of aromatic amines is 1. The lowest BCUT2D eigenvalue weighted by Gasteiger charge is -2.25. The van der Waals surface area contributed by atoms with Gasteiger partial charge in [-0.15, -0.1) is 10.2 Å². The first-order valence-electron chi connectivity index (χ1n) is 14.9. The number of fused-ring (bicyclic) bond motifs is 2. The maximum absolute atomic E-state index is 14.1. The Kier molecular flexibility index (Phi) is 6.91. The van der Waals surface area contributed by atoms with Crippen molar-refractivity contribution in [3.8, 4) is 22.5 Å². The maximum atomic E-state index is 14.1. The largest absolute Gasteiger partial charge is 0.292 e. The Morgan fingerprint density at radius 2 is 1.90 bits per heavy atom. The second-order valence-electron chi connectivity index (χ2n) is 11.7. The molecule has 2 fully saturated rings. The standard InChI is InChI=1S/C33H35N7O2/c1-3-4-11-30-34-29-17-16-24(33(2)20-25-8-7-18-40(25)42-33)19-28(29)32(41)39(30)21-22-12-14-23(15-13-22)26-9-5-6-10-27(26)31-35-37-38-36-31/h5-6,9-10,12-17,19,25H,3-4,7-8,11,18,20-21H2,1-2H3,(H,35,36,37,38)/t25-,33-/m1/s1. The van der Waals surface area contributed by atoms with Gasteiger partial charge in [-0.2, -0.15) is 10.3 Å². The molecule has 0 radical (unpaired) electrons. The number of H-pyrrole nitrogens is 1. The fraction of sp³-hybridized carbons (Fsp3) is 0.364. The van der Waals surface area contributed by atoms with E-state index in [9.17, 15) is 4.79 Å². The molecular formula is C33H35N7O2. The number of hydroxylamine groups is 2. The summed E-state index contributed by atoms with van der Waals surface area (Å²) in [6, 6.07) is 22.9. The van der Waals surface area contributed by atoms with Gasteiger partial charge in [0.2, 0.25) is 5.82 Å². The van der Waals surface area contributed by atoms with Crippen LogP contribution in [-0.4, -0.2) is 47.8 Å². The lowest BCUT2D eigenvalue weighted by atomic mass is 9.89. The Morgan fingerprint density at radius 3 is 2.67 bits per heavy atom. The summed E-state index contributed by atoms with van der Waals surface area (Å²) in [5.74, 6) is 1.39. The molecule has 42 heavy (non-hydrogen) atoms. The summed E-state index contributed by atoms with van der Waals surface area (Å²) in [6.07, 6.45) is 6.06. The summed E-state index contributed by atoms with van der Waals surface area (Å²) in [7, 11) is 0. The van der Waals surface area contributed by atoms with Crippen LogP contribution < -0.4 is 5.56 Å². The van der Waals surface area contributed by atoms with E-state index in [1.54, 1.807) is 0 Å². The molecule has 4 heterocycles. The number of rotatable bonds is 8. The van der Waals surface area contributed by atoms with Crippen LogP contribution in [0.15, 0.2) is 71.5 Å². The van der Waals surface area contributed by atoms with E-state index in [1.807, 2.05) is 34.9 Å². The molecule has 2 saturated heterocycles. The van der Waals surface area contributed by atoms with Crippen molar-refractivity contribution in [2.45, 2.75) is 70.6 Å². The molecule has 0 aliphatic carbocycles. The minimum Gasteiger partial charge on any atom is -0.292 e. The molecular weight excluding hydrogens is 526 g/mol. The van der Waals surface area contributed by atoms with Gasteiger partial charge in [0.25, 0.3) is 5.56 Å².